The van der Waals surface area contributed by atoms with Crippen LogP contribution in [0.15, 0.2) is 72.8 Å². The van der Waals surface area contributed by atoms with Crippen molar-refractivity contribution >= 4 is 5.78 Å². The second kappa shape index (κ2) is 8.78. The summed E-state index contributed by atoms with van der Waals surface area (Å²) in [5, 5.41) is 0. The molecule has 4 rings (SSSR count). The van der Waals surface area contributed by atoms with Crippen LogP contribution in [0.25, 0.3) is 0 Å². The normalized spacial score (nSPS) is 16.6. The number of nitrogens with one attached hydrogen (secondary N) is 1. The molecule has 5 heteroatoms. The maximum absolute atomic E-state index is 14.3. The highest BCUT2D eigenvalue weighted by atomic mass is 19.1. The maximum Gasteiger partial charge on any atom is 0.227 e. The molecule has 3 aromatic carbocycles. The SMILES string of the molecule is C[NH+](C)[C@@H](Cc1cc(F)cc2c1O[C@@H](c1ccccc1)OC2)C(=O)c1ccccc1. The smallest absolute Gasteiger partial charge is 0.227 e. The number of hydrogen-bond donors (Lipinski definition) is 1. The average molecular weight is 406 g/mol. The highest BCUT2D eigenvalue weighted by Gasteiger charge is 2.31. The lowest BCUT2D eigenvalue weighted by atomic mass is 9.94. The monoisotopic (exact) mass is 406 g/mol. The van der Waals surface area contributed by atoms with Crippen LogP contribution in [0.1, 0.15) is 33.3 Å². The van der Waals surface area contributed by atoms with Gasteiger partial charge in [-0.3, -0.25) is 4.79 Å². The van der Waals surface area contributed by atoms with Crippen LogP contribution in [0, 0.1) is 5.82 Å². The largest absolute Gasteiger partial charge is 0.460 e. The zero-order valence-corrected chi connectivity index (χ0v) is 17.1. The van der Waals surface area contributed by atoms with E-state index in [1.165, 1.54) is 12.1 Å². The van der Waals surface area contributed by atoms with Crippen LogP contribution in [0.5, 0.6) is 5.75 Å². The fourth-order valence-corrected chi connectivity index (χ4v) is 3.79. The quantitative estimate of drug-likeness (QED) is 0.638. The topological polar surface area (TPSA) is 40.0 Å². The fraction of sp³-hybridized carbons (Fsp3) is 0.240. The third-order valence-electron chi connectivity index (χ3n) is 5.39. The summed E-state index contributed by atoms with van der Waals surface area (Å²) in [5.74, 6) is 0.290. The van der Waals surface area contributed by atoms with E-state index < -0.39 is 6.29 Å². The van der Waals surface area contributed by atoms with Crippen LogP contribution in [0.2, 0.25) is 0 Å². The van der Waals surface area contributed by atoms with Gasteiger partial charge in [0.05, 0.1) is 20.7 Å². The first-order chi connectivity index (χ1) is 14.5. The first-order valence-corrected chi connectivity index (χ1v) is 10.1. The van der Waals surface area contributed by atoms with Crippen molar-refractivity contribution in [3.05, 3.63) is 101 Å². The molecule has 3 aromatic rings. The minimum absolute atomic E-state index is 0.0280. The molecule has 1 aliphatic heterocycles. The zero-order chi connectivity index (χ0) is 21.1. The van der Waals surface area contributed by atoms with Gasteiger partial charge >= 0.3 is 0 Å². The van der Waals surface area contributed by atoms with Gasteiger partial charge in [-0.05, 0) is 12.1 Å². The Labute approximate surface area is 175 Å². The second-order valence-corrected chi connectivity index (χ2v) is 7.79. The van der Waals surface area contributed by atoms with Gasteiger partial charge in [-0.15, -0.1) is 0 Å². The number of Topliss-reactive ketones (excluding diaryl/α,β-unsaturated/α-hetero) is 1. The molecule has 2 atom stereocenters. The molecule has 0 radical (unpaired) electrons. The van der Waals surface area contributed by atoms with Crippen LogP contribution in [0.3, 0.4) is 0 Å². The lowest BCUT2D eigenvalue weighted by Crippen LogP contribution is -3.11. The Morgan fingerprint density at radius 2 is 1.73 bits per heavy atom. The number of quaternary nitrogens is 1. The first kappa shape index (κ1) is 20.3. The van der Waals surface area contributed by atoms with Crippen molar-refractivity contribution in [1.82, 2.24) is 0 Å². The van der Waals surface area contributed by atoms with E-state index in [-0.39, 0.29) is 24.2 Å². The van der Waals surface area contributed by atoms with Gasteiger partial charge in [0.2, 0.25) is 12.1 Å². The Hall–Kier alpha value is -3.02. The number of benzene rings is 3. The van der Waals surface area contributed by atoms with Gasteiger partial charge in [-0.25, -0.2) is 4.39 Å². The van der Waals surface area contributed by atoms with E-state index in [2.05, 4.69) is 0 Å². The van der Waals surface area contributed by atoms with Crippen LogP contribution in [-0.4, -0.2) is 25.9 Å². The van der Waals surface area contributed by atoms with E-state index in [9.17, 15) is 9.18 Å². The van der Waals surface area contributed by atoms with Crippen LogP contribution < -0.4 is 9.64 Å². The highest BCUT2D eigenvalue weighted by Crippen LogP contribution is 2.37. The molecule has 4 nitrogen and oxygen atoms in total. The van der Waals surface area contributed by atoms with Crippen LogP contribution in [-0.2, 0) is 17.8 Å². The van der Waals surface area contributed by atoms with Gasteiger partial charge in [-0.2, -0.15) is 0 Å². The summed E-state index contributed by atoms with van der Waals surface area (Å²) < 4.78 is 26.3. The number of hydrogen-bond acceptors (Lipinski definition) is 3. The Bertz CT molecular complexity index is 1020. The molecule has 0 unspecified atom stereocenters. The van der Waals surface area contributed by atoms with Crippen molar-refractivity contribution in [2.45, 2.75) is 25.4 Å². The molecule has 0 spiro atoms. The third kappa shape index (κ3) is 4.27. The van der Waals surface area contributed by atoms with Crippen molar-refractivity contribution < 1.29 is 23.6 Å². The molecule has 1 heterocycles. The van der Waals surface area contributed by atoms with Crippen molar-refractivity contribution in [3.63, 3.8) is 0 Å². The first-order valence-electron chi connectivity index (χ1n) is 10.1. The summed E-state index contributed by atoms with van der Waals surface area (Å²) in [5.41, 5.74) is 2.90. The highest BCUT2D eigenvalue weighted by molar-refractivity contribution is 5.99. The Morgan fingerprint density at radius 3 is 2.40 bits per heavy atom. The summed E-state index contributed by atoms with van der Waals surface area (Å²) in [6.07, 6.45) is -0.185. The van der Waals surface area contributed by atoms with Crippen molar-refractivity contribution in [3.8, 4) is 5.75 Å². The molecule has 154 valence electrons. The lowest BCUT2D eigenvalue weighted by molar-refractivity contribution is -0.874. The second-order valence-electron chi connectivity index (χ2n) is 7.79. The van der Waals surface area contributed by atoms with E-state index in [1.54, 1.807) is 0 Å². The molecule has 0 aliphatic carbocycles. The van der Waals surface area contributed by atoms with Gasteiger partial charge in [0.25, 0.3) is 0 Å². The van der Waals surface area contributed by atoms with E-state index in [0.29, 0.717) is 28.9 Å². The molecule has 0 aromatic heterocycles. The number of fused-ring (bicyclic) bond motifs is 1. The van der Waals surface area contributed by atoms with Crippen LogP contribution in [0.4, 0.5) is 4.39 Å². The number of carbonyl (C=O) groups excluding carboxylic acids is 1. The molecule has 0 bridgehead atoms. The van der Waals surface area contributed by atoms with Gasteiger partial charge in [0, 0.05) is 28.7 Å². The summed E-state index contributed by atoms with van der Waals surface area (Å²) >= 11 is 0. The van der Waals surface area contributed by atoms with E-state index >= 15 is 0 Å². The number of carbonyl (C=O) groups is 1. The Morgan fingerprint density at radius 1 is 1.07 bits per heavy atom. The number of likely N-dealkylation sites (N-methyl/N-ethyl adjacent to an activating group) is 1. The van der Waals surface area contributed by atoms with E-state index in [0.717, 1.165) is 10.5 Å². The standard InChI is InChI=1S/C25H24FNO3/c1-27(2)22(23(28)17-9-5-3-6-10-17)15-19-13-21(26)14-20-16-29-25(30-24(19)20)18-11-7-4-8-12-18/h3-14,22,25H,15-16H2,1-2H3/p+1/t22-,25-/m0/s1. The summed E-state index contributed by atoms with van der Waals surface area (Å²) in [6, 6.07) is 21.4. The van der Waals surface area contributed by atoms with Gasteiger partial charge in [-0.1, -0.05) is 60.7 Å². The minimum atomic E-state index is -0.558. The molecule has 0 fully saturated rings. The molecular formula is C25H25FNO3+. The molecule has 30 heavy (non-hydrogen) atoms. The predicted molar refractivity (Wildman–Crippen MR) is 112 cm³/mol. The van der Waals surface area contributed by atoms with Crippen molar-refractivity contribution in [1.29, 1.82) is 0 Å². The lowest BCUT2D eigenvalue weighted by Gasteiger charge is -2.29. The summed E-state index contributed by atoms with van der Waals surface area (Å²) in [6.45, 7) is 0.256. The number of ether oxygens (including phenoxy) is 2. The van der Waals surface area contributed by atoms with E-state index in [1.807, 2.05) is 74.8 Å². The van der Waals surface area contributed by atoms with Gasteiger partial charge < -0.3 is 14.4 Å². The third-order valence-corrected chi connectivity index (χ3v) is 5.39. The predicted octanol–water partition coefficient (Wildman–Crippen LogP) is 3.37. The molecule has 0 saturated carbocycles. The van der Waals surface area contributed by atoms with Crippen molar-refractivity contribution in [2.75, 3.05) is 14.1 Å². The maximum atomic E-state index is 14.3. The summed E-state index contributed by atoms with van der Waals surface area (Å²) in [7, 11) is 3.88. The molecule has 1 N–H and O–H groups in total. The van der Waals surface area contributed by atoms with Crippen LogP contribution >= 0.6 is 0 Å². The zero-order valence-electron chi connectivity index (χ0n) is 17.1. The van der Waals surface area contributed by atoms with Crippen molar-refractivity contribution in [2.24, 2.45) is 0 Å². The molecular weight excluding hydrogens is 381 g/mol. The summed E-state index contributed by atoms with van der Waals surface area (Å²) in [4.78, 5) is 14.1. The molecule has 1 aliphatic rings. The number of rotatable bonds is 6. The molecule has 0 amide bonds. The average Bonchev–Trinajstić information content (AvgIpc) is 2.77. The molecule has 0 saturated heterocycles. The van der Waals surface area contributed by atoms with Gasteiger partial charge in [0.15, 0.2) is 6.04 Å². The minimum Gasteiger partial charge on any atom is -0.460 e. The Balaban J connectivity index is 1.65. The number of ketones is 1. The van der Waals surface area contributed by atoms with E-state index in [4.69, 9.17) is 9.47 Å². The van der Waals surface area contributed by atoms with Gasteiger partial charge in [0.1, 0.15) is 11.6 Å². The number of halogens is 1. The fourth-order valence-electron chi connectivity index (χ4n) is 3.79. The Kier molecular flexibility index (Phi) is 5.93.